The van der Waals surface area contributed by atoms with Crippen LogP contribution < -0.4 is 11.1 Å². The van der Waals surface area contributed by atoms with E-state index in [4.69, 9.17) is 10.9 Å². The number of nitrogens with zero attached hydrogens (tertiary/aromatic N) is 1. The number of nitrogens with one attached hydrogen (secondary N) is 1. The number of halogens is 1. The molecule has 0 aliphatic rings. The highest BCUT2D eigenvalue weighted by atomic mass is 19.1. The molecule has 1 aromatic rings. The number of benzene rings is 1. The van der Waals surface area contributed by atoms with E-state index in [-0.39, 0.29) is 36.4 Å². The van der Waals surface area contributed by atoms with Gasteiger partial charge in [-0.3, -0.25) is 4.79 Å². The van der Waals surface area contributed by atoms with Gasteiger partial charge in [-0.2, -0.15) is 0 Å². The molecule has 0 radical (unpaired) electrons. The second-order valence-corrected chi connectivity index (χ2v) is 4.27. The fourth-order valence-corrected chi connectivity index (χ4v) is 1.70. The summed E-state index contributed by atoms with van der Waals surface area (Å²) in [5, 5.41) is 14.1. The molecule has 1 aromatic carbocycles. The number of oxime groups is 1. The minimum absolute atomic E-state index is 0.0675. The normalized spacial score (nSPS) is 13.1. The Labute approximate surface area is 111 Å². The first-order valence-corrected chi connectivity index (χ1v) is 6.05. The smallest absolute Gasteiger partial charge is 0.224 e. The number of amidine groups is 1. The van der Waals surface area contributed by atoms with Crippen molar-refractivity contribution in [1.29, 1.82) is 0 Å². The van der Waals surface area contributed by atoms with Crippen molar-refractivity contribution in [3.63, 3.8) is 0 Å². The van der Waals surface area contributed by atoms with Crippen LogP contribution in [-0.2, 0) is 11.2 Å². The zero-order valence-electron chi connectivity index (χ0n) is 10.8. The molecular weight excluding hydrogens is 249 g/mol. The van der Waals surface area contributed by atoms with Gasteiger partial charge in [0.2, 0.25) is 5.91 Å². The summed E-state index contributed by atoms with van der Waals surface area (Å²) in [5.74, 6) is -0.518. The molecule has 0 heterocycles. The number of carbonyl (C=O) groups is 1. The molecule has 1 unspecified atom stereocenters. The van der Waals surface area contributed by atoms with Crippen molar-refractivity contribution in [2.45, 2.75) is 32.2 Å². The SMILES string of the molecule is CCC(CC(N)=NO)NC(=O)Cc1cccc(F)c1. The summed E-state index contributed by atoms with van der Waals surface area (Å²) in [6.07, 6.45) is 1.04. The quantitative estimate of drug-likeness (QED) is 0.315. The number of carbonyl (C=O) groups excluding carboxylic acids is 1. The van der Waals surface area contributed by atoms with Gasteiger partial charge in [0.25, 0.3) is 0 Å². The van der Waals surface area contributed by atoms with Crippen LogP contribution >= 0.6 is 0 Å². The summed E-state index contributed by atoms with van der Waals surface area (Å²) in [7, 11) is 0. The van der Waals surface area contributed by atoms with Crippen molar-refractivity contribution in [2.75, 3.05) is 0 Å². The Morgan fingerprint density at radius 1 is 1.58 bits per heavy atom. The van der Waals surface area contributed by atoms with E-state index in [0.29, 0.717) is 12.0 Å². The number of rotatable bonds is 6. The fourth-order valence-electron chi connectivity index (χ4n) is 1.70. The predicted molar refractivity (Wildman–Crippen MR) is 70.4 cm³/mol. The topological polar surface area (TPSA) is 87.7 Å². The Morgan fingerprint density at radius 2 is 2.32 bits per heavy atom. The van der Waals surface area contributed by atoms with Crippen LogP contribution in [0.1, 0.15) is 25.3 Å². The van der Waals surface area contributed by atoms with Crippen molar-refractivity contribution in [2.24, 2.45) is 10.9 Å². The lowest BCUT2D eigenvalue weighted by Crippen LogP contribution is -2.38. The lowest BCUT2D eigenvalue weighted by Gasteiger charge is -2.16. The molecular formula is C13H18FN3O2. The Balaban J connectivity index is 2.54. The van der Waals surface area contributed by atoms with Gasteiger partial charge in [0.1, 0.15) is 11.7 Å². The van der Waals surface area contributed by atoms with Crippen molar-refractivity contribution < 1.29 is 14.4 Å². The van der Waals surface area contributed by atoms with E-state index in [9.17, 15) is 9.18 Å². The van der Waals surface area contributed by atoms with Gasteiger partial charge in [-0.25, -0.2) is 4.39 Å². The zero-order chi connectivity index (χ0) is 14.3. The van der Waals surface area contributed by atoms with Crippen LogP contribution in [0.5, 0.6) is 0 Å². The molecule has 0 fully saturated rings. The lowest BCUT2D eigenvalue weighted by molar-refractivity contribution is -0.121. The molecule has 19 heavy (non-hydrogen) atoms. The van der Waals surface area contributed by atoms with Gasteiger partial charge in [0, 0.05) is 12.5 Å². The molecule has 4 N–H and O–H groups in total. The molecule has 1 rings (SSSR count). The van der Waals surface area contributed by atoms with Gasteiger partial charge in [-0.05, 0) is 24.1 Å². The van der Waals surface area contributed by atoms with Crippen LogP contribution in [0, 0.1) is 5.82 Å². The molecule has 104 valence electrons. The molecule has 1 amide bonds. The summed E-state index contributed by atoms with van der Waals surface area (Å²) >= 11 is 0. The second-order valence-electron chi connectivity index (χ2n) is 4.27. The second kappa shape index (κ2) is 7.35. The van der Waals surface area contributed by atoms with Gasteiger partial charge in [0.05, 0.1) is 6.42 Å². The van der Waals surface area contributed by atoms with Crippen LogP contribution in [0.2, 0.25) is 0 Å². The largest absolute Gasteiger partial charge is 0.409 e. The predicted octanol–water partition coefficient (Wildman–Crippen LogP) is 1.40. The molecule has 0 bridgehead atoms. The van der Waals surface area contributed by atoms with Crippen LogP contribution in [-0.4, -0.2) is 23.0 Å². The van der Waals surface area contributed by atoms with E-state index in [1.54, 1.807) is 12.1 Å². The van der Waals surface area contributed by atoms with Crippen molar-refractivity contribution in [3.8, 4) is 0 Å². The standard InChI is InChI=1S/C13H18FN3O2/c1-2-11(8-12(15)17-19)16-13(18)7-9-4-3-5-10(14)6-9/h3-6,11,19H,2,7-8H2,1H3,(H2,15,17)(H,16,18). The van der Waals surface area contributed by atoms with Gasteiger partial charge in [0.15, 0.2) is 0 Å². The maximum atomic E-state index is 13.0. The molecule has 1 atom stereocenters. The third kappa shape index (κ3) is 5.37. The highest BCUT2D eigenvalue weighted by Crippen LogP contribution is 2.05. The number of hydrogen-bond donors (Lipinski definition) is 3. The van der Waals surface area contributed by atoms with Crippen molar-refractivity contribution >= 4 is 11.7 Å². The van der Waals surface area contributed by atoms with Crippen LogP contribution in [0.25, 0.3) is 0 Å². The summed E-state index contributed by atoms with van der Waals surface area (Å²) in [6, 6.07) is 5.70. The minimum atomic E-state index is -0.367. The highest BCUT2D eigenvalue weighted by Gasteiger charge is 2.13. The number of hydrogen-bond acceptors (Lipinski definition) is 3. The van der Waals surface area contributed by atoms with E-state index < -0.39 is 0 Å². The third-order valence-corrected chi connectivity index (χ3v) is 2.70. The number of nitrogens with two attached hydrogens (primary N) is 1. The Bertz CT molecular complexity index is 463. The average molecular weight is 267 g/mol. The van der Waals surface area contributed by atoms with Gasteiger partial charge < -0.3 is 16.3 Å². The van der Waals surface area contributed by atoms with E-state index in [1.165, 1.54) is 12.1 Å². The van der Waals surface area contributed by atoms with E-state index in [1.807, 2.05) is 6.92 Å². The Kier molecular flexibility index (Phi) is 5.78. The fraction of sp³-hybridized carbons (Fsp3) is 0.385. The van der Waals surface area contributed by atoms with Crippen molar-refractivity contribution in [3.05, 3.63) is 35.6 Å². The van der Waals surface area contributed by atoms with E-state index in [0.717, 1.165) is 0 Å². The zero-order valence-corrected chi connectivity index (χ0v) is 10.8. The summed E-state index contributed by atoms with van der Waals surface area (Å²) in [4.78, 5) is 11.8. The third-order valence-electron chi connectivity index (χ3n) is 2.70. The molecule has 0 aliphatic carbocycles. The van der Waals surface area contributed by atoms with Crippen LogP contribution in [0.3, 0.4) is 0 Å². The van der Waals surface area contributed by atoms with E-state index >= 15 is 0 Å². The summed E-state index contributed by atoms with van der Waals surface area (Å²) in [6.45, 7) is 1.89. The Morgan fingerprint density at radius 3 is 2.89 bits per heavy atom. The molecule has 6 heteroatoms. The molecule has 0 saturated carbocycles. The monoisotopic (exact) mass is 267 g/mol. The van der Waals surface area contributed by atoms with Crippen molar-refractivity contribution in [1.82, 2.24) is 5.32 Å². The lowest BCUT2D eigenvalue weighted by atomic mass is 10.1. The Hall–Kier alpha value is -2.11. The summed E-state index contributed by atoms with van der Waals surface area (Å²) < 4.78 is 13.0. The maximum absolute atomic E-state index is 13.0. The molecule has 0 aliphatic heterocycles. The maximum Gasteiger partial charge on any atom is 0.224 e. The van der Waals surface area contributed by atoms with Crippen LogP contribution in [0.4, 0.5) is 4.39 Å². The first kappa shape index (κ1) is 14.9. The van der Waals surface area contributed by atoms with Gasteiger partial charge in [-0.15, -0.1) is 0 Å². The van der Waals surface area contributed by atoms with Gasteiger partial charge in [-0.1, -0.05) is 24.2 Å². The highest BCUT2D eigenvalue weighted by molar-refractivity contribution is 5.82. The van der Waals surface area contributed by atoms with Gasteiger partial charge >= 0.3 is 0 Å². The van der Waals surface area contributed by atoms with E-state index in [2.05, 4.69) is 10.5 Å². The summed E-state index contributed by atoms with van der Waals surface area (Å²) in [5.41, 5.74) is 6.00. The average Bonchev–Trinajstić information content (AvgIpc) is 2.37. The molecule has 0 spiro atoms. The molecule has 5 nitrogen and oxygen atoms in total. The number of amides is 1. The molecule has 0 aromatic heterocycles. The van der Waals surface area contributed by atoms with Crippen LogP contribution in [0.15, 0.2) is 29.4 Å². The first-order valence-electron chi connectivity index (χ1n) is 6.05. The minimum Gasteiger partial charge on any atom is -0.409 e. The molecule has 0 saturated heterocycles. The first-order chi connectivity index (χ1) is 9.05.